The third-order valence-electron chi connectivity index (χ3n) is 2.22. The van der Waals surface area contributed by atoms with Crippen LogP contribution in [0.2, 0.25) is 6.04 Å². The molecule has 15 heavy (non-hydrogen) atoms. The number of rotatable bonds is 4. The summed E-state index contributed by atoms with van der Waals surface area (Å²) in [5.41, 5.74) is 1.70. The van der Waals surface area contributed by atoms with E-state index in [1.165, 1.54) is 16.3 Å². The summed E-state index contributed by atoms with van der Waals surface area (Å²) in [6.45, 7) is 2.50. The van der Waals surface area contributed by atoms with Gasteiger partial charge in [-0.2, -0.15) is 0 Å². The fourth-order valence-electron chi connectivity index (χ4n) is 1.22. The van der Waals surface area contributed by atoms with Crippen LogP contribution in [0.25, 0.3) is 0 Å². The van der Waals surface area contributed by atoms with E-state index in [2.05, 4.69) is 22.6 Å². The molecular weight excluding hydrogens is 319 g/mol. The molecule has 0 saturated carbocycles. The van der Waals surface area contributed by atoms with Crippen molar-refractivity contribution in [3.05, 3.63) is 32.9 Å². The highest BCUT2D eigenvalue weighted by molar-refractivity contribution is 14.1. The first-order valence-electron chi connectivity index (χ1n) is 5.09. The van der Waals surface area contributed by atoms with Crippen LogP contribution in [-0.2, 0) is 4.74 Å². The lowest BCUT2D eigenvalue weighted by Gasteiger charge is -2.07. The Morgan fingerprint density at radius 1 is 1.53 bits per heavy atom. The molecule has 0 aliphatic carbocycles. The zero-order chi connectivity index (χ0) is 11.3. The van der Waals surface area contributed by atoms with Gasteiger partial charge in [-0.15, -0.1) is 0 Å². The first-order valence-corrected chi connectivity index (χ1v) is 7.58. The second kappa shape index (κ2) is 6.27. The van der Waals surface area contributed by atoms with E-state index in [-0.39, 0.29) is 5.97 Å². The van der Waals surface area contributed by atoms with Crippen molar-refractivity contribution in [1.29, 1.82) is 0 Å². The molecule has 82 valence electrons. The number of esters is 1. The second-order valence-corrected chi connectivity index (χ2v) is 5.56. The first kappa shape index (κ1) is 12.7. The third kappa shape index (κ3) is 3.60. The van der Waals surface area contributed by atoms with Crippen molar-refractivity contribution in [1.82, 2.24) is 0 Å². The van der Waals surface area contributed by atoms with Gasteiger partial charge in [-0.05, 0) is 53.6 Å². The van der Waals surface area contributed by atoms with Crippen molar-refractivity contribution < 1.29 is 9.53 Å². The van der Waals surface area contributed by atoms with Crippen molar-refractivity contribution in [2.24, 2.45) is 0 Å². The summed E-state index contributed by atoms with van der Waals surface area (Å²) >= 11 is 2.23. The highest BCUT2D eigenvalue weighted by Gasteiger charge is 2.11. The zero-order valence-corrected chi connectivity index (χ0v) is 13.2. The number of hydrogen-bond donors (Lipinski definition) is 0. The van der Waals surface area contributed by atoms with Crippen LogP contribution in [0.15, 0.2) is 18.2 Å². The van der Waals surface area contributed by atoms with Gasteiger partial charge in [0.2, 0.25) is 0 Å². The molecule has 4 heteroatoms. The molecule has 0 aliphatic heterocycles. The lowest BCUT2D eigenvalue weighted by molar-refractivity contribution is 0.0504. The number of halogens is 1. The number of carbonyl (C=O) groups excluding carboxylic acids is 1. The van der Waals surface area contributed by atoms with E-state index < -0.39 is 0 Å². The average molecular weight is 334 g/mol. The summed E-state index contributed by atoms with van der Waals surface area (Å²) in [6, 6.07) is 6.88. The summed E-state index contributed by atoms with van der Waals surface area (Å²) in [4.78, 5) is 11.7. The molecule has 0 radical (unpaired) electrons. The van der Waals surface area contributed by atoms with Gasteiger partial charge < -0.3 is 4.74 Å². The van der Waals surface area contributed by atoms with E-state index in [1.54, 1.807) is 0 Å². The first-order chi connectivity index (χ1) is 7.16. The maximum Gasteiger partial charge on any atom is 0.338 e. The molecule has 0 unspecified atom stereocenters. The number of ether oxygens (including phenoxy) is 1. The molecular formula is C11H15IO2Si. The number of benzene rings is 1. The van der Waals surface area contributed by atoms with Gasteiger partial charge in [0.05, 0.1) is 12.2 Å². The molecule has 0 amide bonds. The molecule has 0 N–H and O–H groups in total. The van der Waals surface area contributed by atoms with Gasteiger partial charge in [0.25, 0.3) is 0 Å². The maximum atomic E-state index is 11.7. The van der Waals surface area contributed by atoms with Gasteiger partial charge in [-0.3, -0.25) is 0 Å². The lowest BCUT2D eigenvalue weighted by atomic mass is 10.1. The standard InChI is InChI=1S/C11H15IO2Si/c1-8-9(4-2-5-10(8)12)11(13)14-6-3-7-15/h2,4-5H,3,6-7H2,1,15H3. The van der Waals surface area contributed by atoms with Crippen LogP contribution in [0.1, 0.15) is 22.3 Å². The van der Waals surface area contributed by atoms with E-state index in [9.17, 15) is 4.79 Å². The Hall–Kier alpha value is -0.363. The molecule has 0 atom stereocenters. The Morgan fingerprint density at radius 3 is 2.93 bits per heavy atom. The molecule has 1 rings (SSSR count). The Balaban J connectivity index is 2.69. The molecule has 0 saturated heterocycles. The fraction of sp³-hybridized carbons (Fsp3) is 0.364. The summed E-state index contributed by atoms with van der Waals surface area (Å²) in [5, 5.41) is 0. The van der Waals surface area contributed by atoms with Gasteiger partial charge >= 0.3 is 5.97 Å². The maximum absolute atomic E-state index is 11.7. The minimum absolute atomic E-state index is 0.193. The van der Waals surface area contributed by atoms with Crippen molar-refractivity contribution in [2.75, 3.05) is 6.61 Å². The van der Waals surface area contributed by atoms with Gasteiger partial charge in [0.1, 0.15) is 0 Å². The molecule has 0 bridgehead atoms. The molecule has 0 spiro atoms. The second-order valence-electron chi connectivity index (χ2n) is 3.40. The normalized spacial score (nSPS) is 10.3. The summed E-state index contributed by atoms with van der Waals surface area (Å²) in [5.74, 6) is -0.193. The van der Waals surface area contributed by atoms with Gasteiger partial charge in [-0.1, -0.05) is 12.1 Å². The van der Waals surface area contributed by atoms with Crippen LogP contribution < -0.4 is 0 Å². The molecule has 0 aliphatic rings. The third-order valence-corrected chi connectivity index (χ3v) is 4.09. The molecule has 0 fully saturated rings. The van der Waals surface area contributed by atoms with E-state index in [0.29, 0.717) is 12.2 Å². The van der Waals surface area contributed by atoms with Crippen molar-refractivity contribution in [3.63, 3.8) is 0 Å². The minimum Gasteiger partial charge on any atom is -0.462 e. The van der Waals surface area contributed by atoms with Crippen LogP contribution in [0.3, 0.4) is 0 Å². The predicted octanol–water partition coefficient (Wildman–Crippen LogP) is 1.93. The molecule has 0 heterocycles. The van der Waals surface area contributed by atoms with Crippen molar-refractivity contribution in [2.45, 2.75) is 19.4 Å². The van der Waals surface area contributed by atoms with Crippen LogP contribution in [-0.4, -0.2) is 22.8 Å². The highest BCUT2D eigenvalue weighted by Crippen LogP contribution is 2.16. The average Bonchev–Trinajstić information content (AvgIpc) is 2.22. The van der Waals surface area contributed by atoms with Crippen LogP contribution in [0, 0.1) is 10.5 Å². The van der Waals surface area contributed by atoms with Gasteiger partial charge in [-0.25, -0.2) is 4.79 Å². The van der Waals surface area contributed by atoms with Crippen LogP contribution in [0.4, 0.5) is 0 Å². The minimum atomic E-state index is -0.193. The monoisotopic (exact) mass is 334 g/mol. The summed E-state index contributed by atoms with van der Waals surface area (Å²) < 4.78 is 6.29. The topological polar surface area (TPSA) is 26.3 Å². The number of carbonyl (C=O) groups is 1. The van der Waals surface area contributed by atoms with Crippen molar-refractivity contribution in [3.8, 4) is 0 Å². The Kier molecular flexibility index (Phi) is 5.31. The van der Waals surface area contributed by atoms with E-state index >= 15 is 0 Å². The molecule has 0 aromatic heterocycles. The molecule has 1 aromatic carbocycles. The van der Waals surface area contributed by atoms with E-state index in [1.807, 2.05) is 25.1 Å². The zero-order valence-electron chi connectivity index (χ0n) is 9.05. The Bertz CT molecular complexity index is 352. The highest BCUT2D eigenvalue weighted by atomic mass is 127. The summed E-state index contributed by atoms with van der Waals surface area (Å²) in [7, 11) is 1.17. The van der Waals surface area contributed by atoms with Crippen LogP contribution in [0.5, 0.6) is 0 Å². The predicted molar refractivity (Wildman–Crippen MR) is 73.5 cm³/mol. The molecule has 1 aromatic rings. The SMILES string of the molecule is Cc1c(I)cccc1C(=O)OCCC[SiH3]. The van der Waals surface area contributed by atoms with Gasteiger partial charge in [0, 0.05) is 13.8 Å². The van der Waals surface area contributed by atoms with Crippen LogP contribution >= 0.6 is 22.6 Å². The largest absolute Gasteiger partial charge is 0.462 e. The van der Waals surface area contributed by atoms with Gasteiger partial charge in [0.15, 0.2) is 0 Å². The Morgan fingerprint density at radius 2 is 2.27 bits per heavy atom. The van der Waals surface area contributed by atoms with E-state index in [0.717, 1.165) is 15.6 Å². The smallest absolute Gasteiger partial charge is 0.338 e. The Labute approximate surface area is 107 Å². The molecule has 2 nitrogen and oxygen atoms in total. The lowest BCUT2D eigenvalue weighted by Crippen LogP contribution is -2.08. The fourth-order valence-corrected chi connectivity index (χ4v) is 2.00. The van der Waals surface area contributed by atoms with E-state index in [4.69, 9.17) is 4.74 Å². The number of hydrogen-bond acceptors (Lipinski definition) is 2. The summed E-state index contributed by atoms with van der Waals surface area (Å²) in [6.07, 6.45) is 0.987. The van der Waals surface area contributed by atoms with Crippen molar-refractivity contribution >= 4 is 38.8 Å². The quantitative estimate of drug-likeness (QED) is 0.364.